The quantitative estimate of drug-likeness (QED) is 0.670. The predicted octanol–water partition coefficient (Wildman–Crippen LogP) is 2.51. The fraction of sp³-hybridized carbons (Fsp3) is 0.550. The number of carboxylic acid groups (broad SMARTS) is 1. The molecule has 1 aromatic rings. The maximum absolute atomic E-state index is 12.7. The van der Waals surface area contributed by atoms with Crippen LogP contribution in [0.3, 0.4) is 0 Å². The van der Waals surface area contributed by atoms with Crippen molar-refractivity contribution in [2.45, 2.75) is 45.2 Å². The number of para-hydroxylation sites is 1. The number of carbonyl (C=O) groups is 3. The number of halogens is 1. The van der Waals surface area contributed by atoms with E-state index in [1.165, 1.54) is 6.92 Å². The first-order chi connectivity index (χ1) is 12.8. The molecule has 0 spiro atoms. The maximum atomic E-state index is 12.7. The summed E-state index contributed by atoms with van der Waals surface area (Å²) in [5, 5.41) is 11.9. The van der Waals surface area contributed by atoms with Gasteiger partial charge in [-0.3, -0.25) is 24.2 Å². The normalized spacial score (nSPS) is 18.6. The zero-order chi connectivity index (χ0) is 20.0. The smallest absolute Gasteiger partial charge is 0.317 e. The molecule has 156 valence electrons. The molecule has 28 heavy (non-hydrogen) atoms. The van der Waals surface area contributed by atoms with Crippen molar-refractivity contribution in [2.75, 3.05) is 32.0 Å². The van der Waals surface area contributed by atoms with E-state index in [2.05, 4.69) is 10.2 Å². The number of amides is 1. The number of ketones is 1. The Bertz CT molecular complexity index is 698. The average molecular weight is 412 g/mol. The second-order valence-corrected chi connectivity index (χ2v) is 7.20. The molecule has 1 heterocycles. The van der Waals surface area contributed by atoms with Crippen LogP contribution in [0.2, 0.25) is 0 Å². The molecule has 0 bridgehead atoms. The van der Waals surface area contributed by atoms with Crippen LogP contribution >= 0.6 is 12.4 Å². The van der Waals surface area contributed by atoms with Gasteiger partial charge in [-0.2, -0.15) is 0 Å². The molecule has 0 aliphatic carbocycles. The summed E-state index contributed by atoms with van der Waals surface area (Å²) in [7, 11) is 1.84. The van der Waals surface area contributed by atoms with E-state index in [1.54, 1.807) is 24.3 Å². The highest BCUT2D eigenvalue weighted by Crippen LogP contribution is 2.20. The number of likely N-dealkylation sites (tertiary alicyclic amines) is 1. The highest BCUT2D eigenvalue weighted by molar-refractivity contribution is 6.04. The van der Waals surface area contributed by atoms with Gasteiger partial charge in [0.1, 0.15) is 0 Å². The van der Waals surface area contributed by atoms with Crippen LogP contribution in [0.15, 0.2) is 24.3 Å². The number of hydrogen-bond donors (Lipinski definition) is 2. The number of anilines is 1. The first-order valence-corrected chi connectivity index (χ1v) is 9.36. The standard InChI is InChI=1S/C20H29N3O4.ClH/c1-14(20(27)21-18-9-5-4-8-17(18)15(2)24)23-11-6-7-16(10-12-23)22(3)13-19(25)26;/h4-5,8-9,14,16H,6-7,10-13H2,1-3H3,(H,21,27)(H,25,26);1H. The minimum absolute atomic E-state index is 0. The molecular formula is C20H30ClN3O4. The van der Waals surface area contributed by atoms with Gasteiger partial charge < -0.3 is 10.4 Å². The molecule has 7 nitrogen and oxygen atoms in total. The summed E-state index contributed by atoms with van der Waals surface area (Å²) in [6, 6.07) is 6.89. The van der Waals surface area contributed by atoms with Crippen molar-refractivity contribution in [3.05, 3.63) is 29.8 Å². The molecular weight excluding hydrogens is 382 g/mol. The molecule has 1 saturated heterocycles. The van der Waals surface area contributed by atoms with Crippen LogP contribution in [-0.4, -0.2) is 71.3 Å². The summed E-state index contributed by atoms with van der Waals surface area (Å²) >= 11 is 0. The third-order valence-corrected chi connectivity index (χ3v) is 5.23. The van der Waals surface area contributed by atoms with Gasteiger partial charge in [0.15, 0.2) is 5.78 Å². The van der Waals surface area contributed by atoms with Gasteiger partial charge in [-0.25, -0.2) is 0 Å². The lowest BCUT2D eigenvalue weighted by Gasteiger charge is -2.28. The van der Waals surface area contributed by atoms with E-state index < -0.39 is 5.97 Å². The van der Waals surface area contributed by atoms with Crippen molar-refractivity contribution >= 4 is 35.8 Å². The van der Waals surface area contributed by atoms with Crippen LogP contribution in [0, 0.1) is 0 Å². The zero-order valence-corrected chi connectivity index (χ0v) is 17.5. The van der Waals surface area contributed by atoms with Crippen LogP contribution in [0.1, 0.15) is 43.5 Å². The van der Waals surface area contributed by atoms with Gasteiger partial charge >= 0.3 is 5.97 Å². The molecule has 1 fully saturated rings. The lowest BCUT2D eigenvalue weighted by Crippen LogP contribution is -2.43. The molecule has 1 aliphatic heterocycles. The third kappa shape index (κ3) is 6.58. The highest BCUT2D eigenvalue weighted by Gasteiger charge is 2.27. The summed E-state index contributed by atoms with van der Waals surface area (Å²) in [5.41, 5.74) is 1.04. The summed E-state index contributed by atoms with van der Waals surface area (Å²) in [4.78, 5) is 39.4. The van der Waals surface area contributed by atoms with Crippen LogP contribution in [0.5, 0.6) is 0 Å². The number of carboxylic acids is 1. The van der Waals surface area contributed by atoms with Gasteiger partial charge in [-0.1, -0.05) is 12.1 Å². The van der Waals surface area contributed by atoms with Crippen molar-refractivity contribution in [3.63, 3.8) is 0 Å². The zero-order valence-electron chi connectivity index (χ0n) is 16.7. The van der Waals surface area contributed by atoms with E-state index in [0.717, 1.165) is 32.4 Å². The topological polar surface area (TPSA) is 90.0 Å². The Morgan fingerprint density at radius 2 is 1.93 bits per heavy atom. The molecule has 2 N–H and O–H groups in total. The lowest BCUT2D eigenvalue weighted by atomic mass is 10.1. The Balaban J connectivity index is 0.00000392. The second-order valence-electron chi connectivity index (χ2n) is 7.20. The summed E-state index contributed by atoms with van der Waals surface area (Å²) < 4.78 is 0. The largest absolute Gasteiger partial charge is 0.480 e. The molecule has 1 amide bonds. The van der Waals surface area contributed by atoms with E-state index >= 15 is 0 Å². The predicted molar refractivity (Wildman–Crippen MR) is 111 cm³/mol. The van der Waals surface area contributed by atoms with Crippen molar-refractivity contribution in [1.29, 1.82) is 0 Å². The van der Waals surface area contributed by atoms with Crippen molar-refractivity contribution in [3.8, 4) is 0 Å². The number of Topliss-reactive ketones (excluding diaryl/α,β-unsaturated/α-hetero) is 1. The Labute approximate surface area is 172 Å². The number of hydrogen-bond acceptors (Lipinski definition) is 5. The Morgan fingerprint density at radius 3 is 2.57 bits per heavy atom. The number of likely N-dealkylation sites (N-methyl/N-ethyl adjacent to an activating group) is 1. The van der Waals surface area contributed by atoms with E-state index in [1.807, 2.05) is 18.9 Å². The average Bonchev–Trinajstić information content (AvgIpc) is 2.87. The van der Waals surface area contributed by atoms with E-state index in [0.29, 0.717) is 11.3 Å². The Hall–Kier alpha value is -1.96. The van der Waals surface area contributed by atoms with Crippen LogP contribution in [0.25, 0.3) is 0 Å². The Kier molecular flexibility index (Phi) is 9.58. The van der Waals surface area contributed by atoms with Gasteiger partial charge in [-0.05, 0) is 58.8 Å². The van der Waals surface area contributed by atoms with Crippen LogP contribution < -0.4 is 5.32 Å². The number of nitrogens with zero attached hydrogens (tertiary/aromatic N) is 2. The number of aliphatic carboxylic acids is 1. The Morgan fingerprint density at radius 1 is 1.25 bits per heavy atom. The highest BCUT2D eigenvalue weighted by atomic mass is 35.5. The fourth-order valence-corrected chi connectivity index (χ4v) is 3.57. The third-order valence-electron chi connectivity index (χ3n) is 5.23. The second kappa shape index (κ2) is 11.1. The van der Waals surface area contributed by atoms with E-state index in [-0.39, 0.29) is 42.7 Å². The molecule has 2 unspecified atom stereocenters. The molecule has 2 atom stereocenters. The van der Waals surface area contributed by atoms with Gasteiger partial charge in [0.05, 0.1) is 18.3 Å². The van der Waals surface area contributed by atoms with E-state index in [4.69, 9.17) is 5.11 Å². The van der Waals surface area contributed by atoms with Crippen molar-refractivity contribution < 1.29 is 19.5 Å². The molecule has 0 radical (unpaired) electrons. The van der Waals surface area contributed by atoms with Gasteiger partial charge in [0.2, 0.25) is 5.91 Å². The molecule has 1 aliphatic rings. The number of carbonyl (C=O) groups excluding carboxylic acids is 2. The molecule has 0 saturated carbocycles. The minimum atomic E-state index is -0.824. The van der Waals surface area contributed by atoms with E-state index in [9.17, 15) is 14.4 Å². The molecule has 8 heteroatoms. The summed E-state index contributed by atoms with van der Waals surface area (Å²) in [6.07, 6.45) is 2.66. The summed E-state index contributed by atoms with van der Waals surface area (Å²) in [5.74, 6) is -1.05. The SMILES string of the molecule is CC(=O)c1ccccc1NC(=O)C(C)N1CCCC(N(C)CC(=O)O)CC1.Cl. The molecule has 1 aromatic carbocycles. The molecule has 0 aromatic heterocycles. The summed E-state index contributed by atoms with van der Waals surface area (Å²) in [6.45, 7) is 4.91. The van der Waals surface area contributed by atoms with Crippen molar-refractivity contribution in [1.82, 2.24) is 9.80 Å². The maximum Gasteiger partial charge on any atom is 0.317 e. The van der Waals surface area contributed by atoms with Gasteiger partial charge in [-0.15, -0.1) is 12.4 Å². The minimum Gasteiger partial charge on any atom is -0.480 e. The van der Waals surface area contributed by atoms with Gasteiger partial charge in [0.25, 0.3) is 0 Å². The number of nitrogens with one attached hydrogen (secondary N) is 1. The van der Waals surface area contributed by atoms with Crippen LogP contribution in [-0.2, 0) is 9.59 Å². The van der Waals surface area contributed by atoms with Gasteiger partial charge in [0, 0.05) is 18.2 Å². The van der Waals surface area contributed by atoms with Crippen molar-refractivity contribution in [2.24, 2.45) is 0 Å². The fourth-order valence-electron chi connectivity index (χ4n) is 3.57. The molecule has 2 rings (SSSR count). The lowest BCUT2D eigenvalue weighted by molar-refractivity contribution is -0.138. The first-order valence-electron chi connectivity index (χ1n) is 9.36. The van der Waals surface area contributed by atoms with Crippen LogP contribution in [0.4, 0.5) is 5.69 Å². The number of benzene rings is 1. The first kappa shape index (κ1) is 24.1. The number of rotatable bonds is 7. The monoisotopic (exact) mass is 411 g/mol.